The maximum atomic E-state index is 11.8. The number of rotatable bonds is 8. The van der Waals surface area contributed by atoms with Gasteiger partial charge >= 0.3 is 0 Å². The van der Waals surface area contributed by atoms with Crippen molar-refractivity contribution in [1.29, 1.82) is 0 Å². The van der Waals surface area contributed by atoms with E-state index in [9.17, 15) is 4.79 Å². The largest absolute Gasteiger partial charge is 0.370 e. The van der Waals surface area contributed by atoms with Crippen LogP contribution in [0.25, 0.3) is 0 Å². The SMILES string of the molecule is Cc1ccc(CSCC(=O)NCCC[NH+]2CCOCC2)cc1. The van der Waals surface area contributed by atoms with Crippen LogP contribution in [0.1, 0.15) is 17.5 Å². The molecule has 1 heterocycles. The monoisotopic (exact) mass is 323 g/mol. The molecule has 1 amide bonds. The molecule has 0 unspecified atom stereocenters. The van der Waals surface area contributed by atoms with Crippen molar-refractivity contribution in [1.82, 2.24) is 5.32 Å². The van der Waals surface area contributed by atoms with Crippen LogP contribution in [-0.4, -0.2) is 51.1 Å². The lowest BCUT2D eigenvalue weighted by Crippen LogP contribution is -3.14. The number of amides is 1. The van der Waals surface area contributed by atoms with Gasteiger partial charge in [0.25, 0.3) is 0 Å². The summed E-state index contributed by atoms with van der Waals surface area (Å²) < 4.78 is 5.34. The van der Waals surface area contributed by atoms with Gasteiger partial charge in [-0.1, -0.05) is 29.8 Å². The highest BCUT2D eigenvalue weighted by molar-refractivity contribution is 7.99. The molecule has 22 heavy (non-hydrogen) atoms. The zero-order valence-corrected chi connectivity index (χ0v) is 14.2. The Labute approximate surface area is 137 Å². The third kappa shape index (κ3) is 6.81. The van der Waals surface area contributed by atoms with Crippen LogP contribution in [-0.2, 0) is 15.3 Å². The number of morpholine rings is 1. The van der Waals surface area contributed by atoms with Crippen LogP contribution in [0.4, 0.5) is 0 Å². The lowest BCUT2D eigenvalue weighted by atomic mass is 10.2. The van der Waals surface area contributed by atoms with Gasteiger partial charge in [0.2, 0.25) is 5.91 Å². The van der Waals surface area contributed by atoms with Crippen molar-refractivity contribution in [3.63, 3.8) is 0 Å². The van der Waals surface area contributed by atoms with Gasteiger partial charge in [-0.3, -0.25) is 4.79 Å². The van der Waals surface area contributed by atoms with Gasteiger partial charge in [0, 0.05) is 18.7 Å². The van der Waals surface area contributed by atoms with Crippen molar-refractivity contribution < 1.29 is 14.4 Å². The second-order valence-corrected chi connectivity index (χ2v) is 6.78. The van der Waals surface area contributed by atoms with Gasteiger partial charge < -0.3 is 15.0 Å². The van der Waals surface area contributed by atoms with Crippen LogP contribution >= 0.6 is 11.8 Å². The Kier molecular flexibility index (Phi) is 7.77. The number of carbonyl (C=O) groups is 1. The third-order valence-corrected chi connectivity index (χ3v) is 4.86. The molecule has 1 saturated heterocycles. The zero-order valence-electron chi connectivity index (χ0n) is 13.4. The third-order valence-electron chi connectivity index (χ3n) is 3.85. The molecule has 1 aliphatic heterocycles. The molecule has 122 valence electrons. The highest BCUT2D eigenvalue weighted by Gasteiger charge is 2.12. The molecule has 2 rings (SSSR count). The van der Waals surface area contributed by atoms with Crippen LogP contribution in [0, 0.1) is 6.92 Å². The van der Waals surface area contributed by atoms with Crippen LogP contribution in [0.3, 0.4) is 0 Å². The second kappa shape index (κ2) is 9.87. The van der Waals surface area contributed by atoms with Gasteiger partial charge in [-0.15, -0.1) is 11.8 Å². The number of thioether (sulfide) groups is 1. The molecule has 1 aliphatic rings. The van der Waals surface area contributed by atoms with Crippen molar-refractivity contribution >= 4 is 17.7 Å². The molecule has 0 atom stereocenters. The minimum absolute atomic E-state index is 0.147. The molecular weight excluding hydrogens is 296 g/mol. The fourth-order valence-electron chi connectivity index (χ4n) is 2.47. The van der Waals surface area contributed by atoms with Crippen molar-refractivity contribution in [3.05, 3.63) is 35.4 Å². The maximum absolute atomic E-state index is 11.8. The van der Waals surface area contributed by atoms with Gasteiger partial charge in [0.05, 0.1) is 25.5 Å². The first-order chi connectivity index (χ1) is 10.7. The van der Waals surface area contributed by atoms with E-state index < -0.39 is 0 Å². The lowest BCUT2D eigenvalue weighted by Gasteiger charge is -2.23. The number of hydrogen-bond acceptors (Lipinski definition) is 3. The Bertz CT molecular complexity index is 444. The van der Waals surface area contributed by atoms with Crippen molar-refractivity contribution in [2.75, 3.05) is 45.1 Å². The van der Waals surface area contributed by atoms with E-state index in [-0.39, 0.29) is 5.91 Å². The number of benzene rings is 1. The molecule has 1 fully saturated rings. The molecule has 0 aromatic heterocycles. The first-order valence-electron chi connectivity index (χ1n) is 8.05. The summed E-state index contributed by atoms with van der Waals surface area (Å²) in [7, 11) is 0. The van der Waals surface area contributed by atoms with Crippen LogP contribution in [0.15, 0.2) is 24.3 Å². The number of ether oxygens (including phenoxy) is 1. The lowest BCUT2D eigenvalue weighted by molar-refractivity contribution is -0.908. The predicted molar refractivity (Wildman–Crippen MR) is 91.4 cm³/mol. The topological polar surface area (TPSA) is 42.8 Å². The van der Waals surface area contributed by atoms with E-state index in [1.807, 2.05) is 0 Å². The van der Waals surface area contributed by atoms with E-state index in [0.717, 1.165) is 51.6 Å². The number of nitrogens with one attached hydrogen (secondary N) is 2. The van der Waals surface area contributed by atoms with Gasteiger partial charge in [0.1, 0.15) is 13.1 Å². The normalized spacial score (nSPS) is 15.7. The van der Waals surface area contributed by atoms with E-state index in [4.69, 9.17) is 4.74 Å². The minimum Gasteiger partial charge on any atom is -0.370 e. The first-order valence-corrected chi connectivity index (χ1v) is 9.21. The molecule has 0 saturated carbocycles. The minimum atomic E-state index is 0.147. The van der Waals surface area contributed by atoms with E-state index >= 15 is 0 Å². The molecule has 0 radical (unpaired) electrons. The van der Waals surface area contributed by atoms with Crippen molar-refractivity contribution in [3.8, 4) is 0 Å². The molecule has 1 aromatic carbocycles. The number of quaternary nitrogens is 1. The number of aryl methyl sites for hydroxylation is 1. The summed E-state index contributed by atoms with van der Waals surface area (Å²) in [5.41, 5.74) is 2.55. The molecule has 4 nitrogen and oxygen atoms in total. The maximum Gasteiger partial charge on any atom is 0.230 e. The first kappa shape index (κ1) is 17.3. The van der Waals surface area contributed by atoms with E-state index in [0.29, 0.717) is 5.75 Å². The Hall–Kier alpha value is -1.04. The predicted octanol–water partition coefficient (Wildman–Crippen LogP) is 0.650. The van der Waals surface area contributed by atoms with Crippen LogP contribution < -0.4 is 10.2 Å². The molecule has 0 bridgehead atoms. The van der Waals surface area contributed by atoms with E-state index in [2.05, 4.69) is 36.5 Å². The van der Waals surface area contributed by atoms with Gasteiger partial charge in [0.15, 0.2) is 0 Å². The van der Waals surface area contributed by atoms with Gasteiger partial charge in [-0.05, 0) is 12.5 Å². The summed E-state index contributed by atoms with van der Waals surface area (Å²) in [5, 5.41) is 3.01. The average Bonchev–Trinajstić information content (AvgIpc) is 2.54. The number of hydrogen-bond donors (Lipinski definition) is 2. The summed E-state index contributed by atoms with van der Waals surface area (Å²) in [5.74, 6) is 1.58. The smallest absolute Gasteiger partial charge is 0.230 e. The average molecular weight is 323 g/mol. The summed E-state index contributed by atoms with van der Waals surface area (Å²) in [6, 6.07) is 8.49. The molecule has 0 aliphatic carbocycles. The standard InChI is InChI=1S/C17H26N2O2S/c1-15-3-5-16(6-4-15)13-22-14-17(20)18-7-2-8-19-9-11-21-12-10-19/h3-6H,2,7-14H2,1H3,(H,18,20)/p+1. The van der Waals surface area contributed by atoms with E-state index in [1.165, 1.54) is 11.1 Å². The fraction of sp³-hybridized carbons (Fsp3) is 0.588. The van der Waals surface area contributed by atoms with Crippen LogP contribution in [0.5, 0.6) is 0 Å². The molecule has 0 spiro atoms. The molecular formula is C17H27N2O2S+. The van der Waals surface area contributed by atoms with E-state index in [1.54, 1.807) is 16.7 Å². The highest BCUT2D eigenvalue weighted by Crippen LogP contribution is 2.12. The Morgan fingerprint density at radius 1 is 1.27 bits per heavy atom. The Morgan fingerprint density at radius 2 is 2.00 bits per heavy atom. The van der Waals surface area contributed by atoms with Crippen molar-refractivity contribution in [2.24, 2.45) is 0 Å². The second-order valence-electron chi connectivity index (χ2n) is 5.79. The Balaban J connectivity index is 1.49. The highest BCUT2D eigenvalue weighted by atomic mass is 32.2. The fourth-order valence-corrected chi connectivity index (χ4v) is 3.29. The molecule has 2 N–H and O–H groups in total. The zero-order chi connectivity index (χ0) is 15.6. The summed E-state index contributed by atoms with van der Waals surface area (Å²) in [4.78, 5) is 13.4. The van der Waals surface area contributed by atoms with Crippen LogP contribution in [0.2, 0.25) is 0 Å². The van der Waals surface area contributed by atoms with Crippen molar-refractivity contribution in [2.45, 2.75) is 19.1 Å². The number of carbonyl (C=O) groups excluding carboxylic acids is 1. The summed E-state index contributed by atoms with van der Waals surface area (Å²) in [6.45, 7) is 7.94. The molecule has 5 heteroatoms. The summed E-state index contributed by atoms with van der Waals surface area (Å²) in [6.07, 6.45) is 1.05. The van der Waals surface area contributed by atoms with Gasteiger partial charge in [-0.2, -0.15) is 0 Å². The quantitative estimate of drug-likeness (QED) is 0.691. The van der Waals surface area contributed by atoms with Gasteiger partial charge in [-0.25, -0.2) is 0 Å². The molecule has 1 aromatic rings. The Morgan fingerprint density at radius 3 is 2.73 bits per heavy atom. The summed E-state index contributed by atoms with van der Waals surface area (Å²) >= 11 is 1.67.